The largest absolute Gasteiger partial charge is 0.490 e. The number of likely N-dealkylation sites (tertiary alicyclic amines) is 1. The SMILES string of the molecule is O=C(O)c1ccc(C(=O)N2CCC(Oc3ccccc3)CC2)o1. The Morgan fingerprint density at radius 1 is 1.04 bits per heavy atom. The van der Waals surface area contributed by atoms with Crippen LogP contribution in [-0.4, -0.2) is 41.1 Å². The summed E-state index contributed by atoms with van der Waals surface area (Å²) in [6.07, 6.45) is 1.54. The summed E-state index contributed by atoms with van der Waals surface area (Å²) in [5.41, 5.74) is 0. The van der Waals surface area contributed by atoms with Crippen LogP contribution in [0.25, 0.3) is 0 Å². The van der Waals surface area contributed by atoms with Gasteiger partial charge in [0, 0.05) is 25.9 Å². The molecule has 0 unspecified atom stereocenters. The normalized spacial score (nSPS) is 15.4. The Morgan fingerprint density at radius 3 is 2.30 bits per heavy atom. The first-order valence-corrected chi connectivity index (χ1v) is 7.47. The molecule has 1 N–H and O–H groups in total. The standard InChI is InChI=1S/C17H17NO5/c19-16(14-6-7-15(23-14)17(20)21)18-10-8-13(9-11-18)22-12-4-2-1-3-5-12/h1-7,13H,8-11H2,(H,20,21). The second-order valence-electron chi connectivity index (χ2n) is 5.39. The molecule has 1 aromatic heterocycles. The molecule has 3 rings (SSSR count). The minimum atomic E-state index is -1.18. The lowest BCUT2D eigenvalue weighted by atomic mass is 10.1. The fraction of sp³-hybridized carbons (Fsp3) is 0.294. The fourth-order valence-corrected chi connectivity index (χ4v) is 2.59. The Kier molecular flexibility index (Phi) is 4.32. The van der Waals surface area contributed by atoms with E-state index < -0.39 is 5.97 Å². The van der Waals surface area contributed by atoms with Gasteiger partial charge in [-0.1, -0.05) is 18.2 Å². The first-order valence-electron chi connectivity index (χ1n) is 7.47. The van der Waals surface area contributed by atoms with E-state index in [4.69, 9.17) is 14.3 Å². The first-order chi connectivity index (χ1) is 11.1. The number of hydrogen-bond donors (Lipinski definition) is 1. The van der Waals surface area contributed by atoms with Crippen LogP contribution in [0.2, 0.25) is 0 Å². The predicted molar refractivity (Wildman–Crippen MR) is 81.7 cm³/mol. The van der Waals surface area contributed by atoms with Crippen molar-refractivity contribution in [3.05, 3.63) is 54.0 Å². The third kappa shape index (κ3) is 3.53. The number of nitrogens with zero attached hydrogens (tertiary/aromatic N) is 1. The smallest absolute Gasteiger partial charge is 0.371 e. The molecule has 0 aliphatic carbocycles. The van der Waals surface area contributed by atoms with Gasteiger partial charge in [-0.05, 0) is 24.3 Å². The number of rotatable bonds is 4. The zero-order chi connectivity index (χ0) is 16.2. The highest BCUT2D eigenvalue weighted by Gasteiger charge is 2.26. The Bertz CT molecular complexity index is 686. The topological polar surface area (TPSA) is 80.0 Å². The van der Waals surface area contributed by atoms with Gasteiger partial charge in [0.05, 0.1) is 0 Å². The minimum Gasteiger partial charge on any atom is -0.490 e. The summed E-state index contributed by atoms with van der Waals surface area (Å²) in [6, 6.07) is 12.3. The lowest BCUT2D eigenvalue weighted by molar-refractivity contribution is 0.0559. The maximum Gasteiger partial charge on any atom is 0.371 e. The lowest BCUT2D eigenvalue weighted by Gasteiger charge is -2.31. The number of carboxylic acids is 1. The van der Waals surface area contributed by atoms with Gasteiger partial charge in [-0.25, -0.2) is 4.79 Å². The molecule has 6 nitrogen and oxygen atoms in total. The molecule has 1 aromatic carbocycles. The van der Waals surface area contributed by atoms with E-state index in [1.54, 1.807) is 4.90 Å². The summed E-state index contributed by atoms with van der Waals surface area (Å²) < 4.78 is 10.9. The highest BCUT2D eigenvalue weighted by molar-refractivity contribution is 5.93. The molecule has 2 aromatic rings. The fourth-order valence-electron chi connectivity index (χ4n) is 2.59. The van der Waals surface area contributed by atoms with Crippen molar-refractivity contribution in [2.45, 2.75) is 18.9 Å². The molecule has 1 aliphatic rings. The number of carbonyl (C=O) groups is 2. The molecule has 1 fully saturated rings. The number of hydrogen-bond acceptors (Lipinski definition) is 4. The number of carboxylic acid groups (broad SMARTS) is 1. The molecular weight excluding hydrogens is 298 g/mol. The minimum absolute atomic E-state index is 0.0600. The highest BCUT2D eigenvalue weighted by atomic mass is 16.5. The molecule has 2 heterocycles. The molecule has 23 heavy (non-hydrogen) atoms. The molecule has 0 spiro atoms. The van der Waals surface area contributed by atoms with Crippen LogP contribution in [0.3, 0.4) is 0 Å². The van der Waals surface area contributed by atoms with E-state index in [0.29, 0.717) is 13.1 Å². The zero-order valence-corrected chi connectivity index (χ0v) is 12.5. The van der Waals surface area contributed by atoms with Gasteiger partial charge in [0.1, 0.15) is 11.9 Å². The van der Waals surface area contributed by atoms with Gasteiger partial charge < -0.3 is 19.2 Å². The van der Waals surface area contributed by atoms with Gasteiger partial charge in [-0.15, -0.1) is 0 Å². The van der Waals surface area contributed by atoms with Crippen molar-refractivity contribution < 1.29 is 23.8 Å². The Hall–Kier alpha value is -2.76. The van der Waals surface area contributed by atoms with Crippen molar-refractivity contribution in [2.75, 3.05) is 13.1 Å². The van der Waals surface area contributed by atoms with Crippen LogP contribution in [0.15, 0.2) is 46.9 Å². The summed E-state index contributed by atoms with van der Waals surface area (Å²) in [5.74, 6) is -0.801. The van der Waals surface area contributed by atoms with Crippen molar-refractivity contribution in [2.24, 2.45) is 0 Å². The maximum atomic E-state index is 12.3. The average Bonchev–Trinajstić information content (AvgIpc) is 3.06. The summed E-state index contributed by atoms with van der Waals surface area (Å²) in [4.78, 5) is 24.8. The second-order valence-corrected chi connectivity index (χ2v) is 5.39. The van der Waals surface area contributed by atoms with Gasteiger partial charge in [0.25, 0.3) is 5.91 Å². The molecule has 0 bridgehead atoms. The number of aromatic carboxylic acids is 1. The number of piperidine rings is 1. The van der Waals surface area contributed by atoms with Gasteiger partial charge in [0.2, 0.25) is 5.76 Å². The van der Waals surface area contributed by atoms with E-state index in [-0.39, 0.29) is 23.5 Å². The van der Waals surface area contributed by atoms with E-state index in [2.05, 4.69) is 0 Å². The van der Waals surface area contributed by atoms with Crippen LogP contribution in [0.4, 0.5) is 0 Å². The van der Waals surface area contributed by atoms with Crippen molar-refractivity contribution >= 4 is 11.9 Å². The van der Waals surface area contributed by atoms with E-state index in [1.807, 2.05) is 30.3 Å². The van der Waals surface area contributed by atoms with Crippen LogP contribution >= 0.6 is 0 Å². The first kappa shape index (κ1) is 15.1. The monoisotopic (exact) mass is 315 g/mol. The molecule has 1 aliphatic heterocycles. The summed E-state index contributed by atoms with van der Waals surface area (Å²) >= 11 is 0. The lowest BCUT2D eigenvalue weighted by Crippen LogP contribution is -2.41. The van der Waals surface area contributed by atoms with E-state index >= 15 is 0 Å². The van der Waals surface area contributed by atoms with E-state index in [0.717, 1.165) is 18.6 Å². The van der Waals surface area contributed by atoms with Crippen molar-refractivity contribution in [3.63, 3.8) is 0 Å². The number of amides is 1. The van der Waals surface area contributed by atoms with Crippen LogP contribution in [0.1, 0.15) is 34.0 Å². The molecule has 0 saturated carbocycles. The molecule has 1 amide bonds. The highest BCUT2D eigenvalue weighted by Crippen LogP contribution is 2.20. The van der Waals surface area contributed by atoms with E-state index in [9.17, 15) is 9.59 Å². The quantitative estimate of drug-likeness (QED) is 0.938. The Labute approximate surface area is 133 Å². The Morgan fingerprint density at radius 2 is 1.70 bits per heavy atom. The maximum absolute atomic E-state index is 12.3. The summed E-state index contributed by atoms with van der Waals surface area (Å²) in [7, 11) is 0. The van der Waals surface area contributed by atoms with Crippen LogP contribution in [0.5, 0.6) is 5.75 Å². The van der Waals surface area contributed by atoms with Gasteiger partial charge in [0.15, 0.2) is 5.76 Å². The third-order valence-corrected chi connectivity index (χ3v) is 3.80. The molecular formula is C17H17NO5. The predicted octanol–water partition coefficient (Wildman–Crippen LogP) is 2.66. The number of furan rings is 1. The van der Waals surface area contributed by atoms with Crippen LogP contribution < -0.4 is 4.74 Å². The van der Waals surface area contributed by atoms with Crippen molar-refractivity contribution in [1.29, 1.82) is 0 Å². The van der Waals surface area contributed by atoms with Gasteiger partial charge in [-0.3, -0.25) is 4.79 Å². The zero-order valence-electron chi connectivity index (χ0n) is 12.5. The third-order valence-electron chi connectivity index (χ3n) is 3.80. The molecule has 1 saturated heterocycles. The van der Waals surface area contributed by atoms with E-state index in [1.165, 1.54) is 12.1 Å². The average molecular weight is 315 g/mol. The summed E-state index contributed by atoms with van der Waals surface area (Å²) in [5, 5.41) is 8.83. The van der Waals surface area contributed by atoms with Gasteiger partial charge in [-0.2, -0.15) is 0 Å². The number of carbonyl (C=O) groups excluding carboxylic acids is 1. The van der Waals surface area contributed by atoms with Gasteiger partial charge >= 0.3 is 5.97 Å². The molecule has 0 atom stereocenters. The molecule has 6 heteroatoms. The van der Waals surface area contributed by atoms with Crippen LogP contribution in [-0.2, 0) is 0 Å². The second kappa shape index (κ2) is 6.56. The number of para-hydroxylation sites is 1. The van der Waals surface area contributed by atoms with Crippen molar-refractivity contribution in [3.8, 4) is 5.75 Å². The Balaban J connectivity index is 1.55. The molecule has 120 valence electrons. The summed E-state index contributed by atoms with van der Waals surface area (Å²) in [6.45, 7) is 1.11. The number of ether oxygens (including phenoxy) is 1. The van der Waals surface area contributed by atoms with Crippen molar-refractivity contribution in [1.82, 2.24) is 4.90 Å². The number of benzene rings is 1. The van der Waals surface area contributed by atoms with Crippen LogP contribution in [0, 0.1) is 0 Å². The molecule has 0 radical (unpaired) electrons.